The normalized spacial score (nSPS) is 11.8. The van der Waals surface area contributed by atoms with E-state index in [1.165, 1.54) is 36.4 Å². The molecule has 4 aromatic carbocycles. The largest absolute Gasteiger partial charge is 0.397 e. The fourth-order valence-electron chi connectivity index (χ4n) is 4.81. The average Bonchev–Trinajstić information content (AvgIpc) is 3.06. The number of benzene rings is 4. The molecule has 0 unspecified atom stereocenters. The van der Waals surface area contributed by atoms with Crippen LogP contribution in [0.15, 0.2) is 101 Å². The number of rotatable bonds is 10. The molecule has 0 fully saturated rings. The molecule has 51 heavy (non-hydrogen) atoms. The zero-order chi connectivity index (χ0) is 36.3. The predicted octanol–water partition coefficient (Wildman–Crippen LogP) is 6.43. The van der Waals surface area contributed by atoms with Crippen molar-refractivity contribution < 1.29 is 25.9 Å². The minimum absolute atomic E-state index is 0.000277. The van der Waals surface area contributed by atoms with Crippen molar-refractivity contribution in [3.05, 3.63) is 113 Å². The molecule has 19 heteroatoms. The molecule has 0 atom stereocenters. The van der Waals surface area contributed by atoms with Crippen molar-refractivity contribution in [3.63, 3.8) is 0 Å². The first-order valence-electron chi connectivity index (χ1n) is 14.4. The maximum Gasteiger partial charge on any atom is 0.297 e. The molecule has 0 spiro atoms. The van der Waals surface area contributed by atoms with Crippen molar-refractivity contribution in [2.75, 3.05) is 16.4 Å². The van der Waals surface area contributed by atoms with E-state index < -0.39 is 35.7 Å². The SMILES string of the molecule is Nc1c(-c2nc(Cl)nc(Nc3ccccc3)n2)ccc(C=Cc2ccc(-c3nc(Cl)nc(Nc4ccccc4)n3)cc2S(=O)(=O)O)c1S(=O)(=O)O. The van der Waals surface area contributed by atoms with E-state index in [0.29, 0.717) is 11.4 Å². The third-order valence-corrected chi connectivity index (χ3v) is 9.21. The van der Waals surface area contributed by atoms with Gasteiger partial charge in [-0.15, -0.1) is 0 Å². The number of nitrogens with two attached hydrogens (primary N) is 1. The summed E-state index contributed by atoms with van der Waals surface area (Å²) in [6, 6.07) is 24.4. The van der Waals surface area contributed by atoms with E-state index in [-0.39, 0.29) is 56.4 Å². The van der Waals surface area contributed by atoms with Gasteiger partial charge in [0.1, 0.15) is 9.79 Å². The van der Waals surface area contributed by atoms with Gasteiger partial charge in [-0.25, -0.2) is 0 Å². The standard InChI is InChI=1S/C32H23Cl2N9O6S2/c33-29-38-27(40-31(42-29)36-21-7-3-1-4-8-21)20-14-12-18(24(17-20)50(44,45)46)11-13-19-15-16-23(25(35)26(19)51(47,48)49)28-39-30(34)43-32(41-28)37-22-9-5-2-6-10-22/h1-17H,35H2,(H,44,45,46)(H,47,48,49)(H,36,38,40,42)(H,37,39,41,43). The zero-order valence-corrected chi connectivity index (χ0v) is 28.8. The first-order valence-corrected chi connectivity index (χ1v) is 18.1. The number of hydrogen-bond acceptors (Lipinski definition) is 13. The van der Waals surface area contributed by atoms with E-state index in [1.807, 2.05) is 12.1 Å². The predicted molar refractivity (Wildman–Crippen MR) is 193 cm³/mol. The van der Waals surface area contributed by atoms with Crippen LogP contribution in [0.4, 0.5) is 29.0 Å². The van der Waals surface area contributed by atoms with Gasteiger partial charge in [0, 0.05) is 22.5 Å². The van der Waals surface area contributed by atoms with Crippen molar-refractivity contribution >= 4 is 84.5 Å². The molecule has 0 saturated heterocycles. The van der Waals surface area contributed by atoms with Crippen LogP contribution >= 0.6 is 23.2 Å². The Bertz CT molecular complexity index is 2530. The molecule has 0 radical (unpaired) electrons. The van der Waals surface area contributed by atoms with Gasteiger partial charge in [-0.05, 0) is 70.7 Å². The summed E-state index contributed by atoms with van der Waals surface area (Å²) in [6.07, 6.45) is 2.40. The highest BCUT2D eigenvalue weighted by atomic mass is 35.5. The summed E-state index contributed by atoms with van der Waals surface area (Å²) in [7, 11) is -9.85. The molecular formula is C32H23Cl2N9O6S2. The Hall–Kier alpha value is -5.56. The minimum atomic E-state index is -4.98. The molecule has 15 nitrogen and oxygen atoms in total. The number of hydrogen-bond donors (Lipinski definition) is 5. The second kappa shape index (κ2) is 14.4. The van der Waals surface area contributed by atoms with Gasteiger partial charge in [0.15, 0.2) is 11.6 Å². The molecule has 0 aliphatic rings. The number of aromatic nitrogens is 6. The highest BCUT2D eigenvalue weighted by molar-refractivity contribution is 7.86. The van der Waals surface area contributed by atoms with Gasteiger partial charge in [-0.2, -0.15) is 46.7 Å². The molecule has 6 rings (SSSR count). The summed E-state index contributed by atoms with van der Waals surface area (Å²) in [5.41, 5.74) is 7.10. The first-order chi connectivity index (χ1) is 24.2. The molecule has 0 aliphatic heterocycles. The van der Waals surface area contributed by atoms with Gasteiger partial charge < -0.3 is 16.4 Å². The van der Waals surface area contributed by atoms with Gasteiger partial charge in [0.25, 0.3) is 20.2 Å². The number of para-hydroxylation sites is 2. The Kier molecular flexibility index (Phi) is 9.93. The maximum atomic E-state index is 12.6. The van der Waals surface area contributed by atoms with Gasteiger partial charge in [-0.1, -0.05) is 66.7 Å². The molecule has 0 bridgehead atoms. The fraction of sp³-hybridized carbons (Fsp3) is 0. The van der Waals surface area contributed by atoms with Crippen molar-refractivity contribution in [3.8, 4) is 22.8 Å². The Balaban J connectivity index is 1.37. The van der Waals surface area contributed by atoms with Crippen LogP contribution < -0.4 is 16.4 Å². The zero-order valence-electron chi connectivity index (χ0n) is 25.7. The van der Waals surface area contributed by atoms with Crippen LogP contribution in [0, 0.1) is 0 Å². The monoisotopic (exact) mass is 763 g/mol. The molecule has 0 amide bonds. The number of anilines is 5. The van der Waals surface area contributed by atoms with Crippen LogP contribution in [0.2, 0.25) is 10.6 Å². The van der Waals surface area contributed by atoms with Crippen molar-refractivity contribution in [2.24, 2.45) is 0 Å². The minimum Gasteiger partial charge on any atom is -0.397 e. The van der Waals surface area contributed by atoms with E-state index in [2.05, 4.69) is 40.5 Å². The van der Waals surface area contributed by atoms with E-state index in [9.17, 15) is 25.9 Å². The van der Waals surface area contributed by atoms with Crippen LogP contribution in [0.3, 0.4) is 0 Å². The average molecular weight is 765 g/mol. The van der Waals surface area contributed by atoms with Crippen molar-refractivity contribution in [1.82, 2.24) is 29.9 Å². The summed E-state index contributed by atoms with van der Waals surface area (Å²) in [4.78, 5) is 23.6. The van der Waals surface area contributed by atoms with Crippen molar-refractivity contribution in [1.29, 1.82) is 0 Å². The smallest absolute Gasteiger partial charge is 0.297 e. The molecule has 6 aromatic rings. The van der Waals surface area contributed by atoms with E-state index in [1.54, 1.807) is 48.5 Å². The molecular weight excluding hydrogens is 741 g/mol. The Morgan fingerprint density at radius 1 is 0.608 bits per heavy atom. The van der Waals surface area contributed by atoms with Crippen molar-refractivity contribution in [2.45, 2.75) is 9.79 Å². The van der Waals surface area contributed by atoms with Crippen LogP contribution in [-0.4, -0.2) is 55.8 Å². The molecule has 0 aliphatic carbocycles. The summed E-state index contributed by atoms with van der Waals surface area (Å²) >= 11 is 12.3. The summed E-state index contributed by atoms with van der Waals surface area (Å²) < 4.78 is 70.6. The third kappa shape index (κ3) is 8.43. The highest BCUT2D eigenvalue weighted by Crippen LogP contribution is 2.35. The van der Waals surface area contributed by atoms with E-state index in [0.717, 1.165) is 6.07 Å². The summed E-state index contributed by atoms with van der Waals surface area (Å²) in [5, 5.41) is 5.53. The van der Waals surface area contributed by atoms with Crippen LogP contribution in [0.25, 0.3) is 34.9 Å². The Labute approximate surface area is 300 Å². The van der Waals surface area contributed by atoms with Gasteiger partial charge in [-0.3, -0.25) is 9.11 Å². The van der Waals surface area contributed by atoms with Gasteiger partial charge >= 0.3 is 0 Å². The van der Waals surface area contributed by atoms with Crippen LogP contribution in [0.1, 0.15) is 11.1 Å². The van der Waals surface area contributed by atoms with Crippen LogP contribution in [-0.2, 0) is 20.2 Å². The maximum absolute atomic E-state index is 12.6. The second-order valence-electron chi connectivity index (χ2n) is 10.5. The van der Waals surface area contributed by atoms with E-state index in [4.69, 9.17) is 28.9 Å². The van der Waals surface area contributed by atoms with E-state index >= 15 is 0 Å². The highest BCUT2D eigenvalue weighted by Gasteiger charge is 2.24. The lowest BCUT2D eigenvalue weighted by atomic mass is 10.1. The molecule has 2 heterocycles. The quantitative estimate of drug-likeness (QED) is 0.0574. The lowest BCUT2D eigenvalue weighted by Crippen LogP contribution is -2.09. The molecule has 6 N–H and O–H groups in total. The molecule has 2 aromatic heterocycles. The number of nitrogens with zero attached hydrogens (tertiary/aromatic N) is 6. The summed E-state index contributed by atoms with van der Waals surface area (Å²) in [6.45, 7) is 0. The summed E-state index contributed by atoms with van der Waals surface area (Å²) in [5.74, 6) is 0.00960. The second-order valence-corrected chi connectivity index (χ2v) is 13.9. The number of nitrogen functional groups attached to an aromatic ring is 1. The molecule has 258 valence electrons. The Morgan fingerprint density at radius 2 is 1.12 bits per heavy atom. The third-order valence-electron chi connectivity index (χ3n) is 6.99. The van der Waals surface area contributed by atoms with Gasteiger partial charge in [0.2, 0.25) is 22.5 Å². The lowest BCUT2D eigenvalue weighted by molar-refractivity contribution is 0.481. The Morgan fingerprint density at radius 3 is 1.67 bits per heavy atom. The fourth-order valence-corrected chi connectivity index (χ4v) is 6.66. The topological polar surface area (TPSA) is 236 Å². The number of nitrogens with one attached hydrogen (secondary N) is 2. The lowest BCUT2D eigenvalue weighted by Gasteiger charge is -2.13. The molecule has 0 saturated carbocycles. The van der Waals surface area contributed by atoms with Crippen LogP contribution in [0.5, 0.6) is 0 Å². The number of halogens is 2. The van der Waals surface area contributed by atoms with Gasteiger partial charge in [0.05, 0.1) is 5.69 Å². The first kappa shape index (κ1) is 35.3.